The number of carbonyl (C=O) groups is 2. The zero-order valence-corrected chi connectivity index (χ0v) is 10.8. The predicted molar refractivity (Wildman–Crippen MR) is 67.6 cm³/mol. The van der Waals surface area contributed by atoms with Gasteiger partial charge in [-0.2, -0.15) is 0 Å². The summed E-state index contributed by atoms with van der Waals surface area (Å²) >= 11 is 0. The van der Waals surface area contributed by atoms with E-state index < -0.39 is 0 Å². The number of hydrogen-bond acceptors (Lipinski definition) is 2. The van der Waals surface area contributed by atoms with Crippen molar-refractivity contribution in [2.75, 3.05) is 6.54 Å². The molecule has 1 aliphatic rings. The maximum absolute atomic E-state index is 11.6. The smallest absolute Gasteiger partial charge is 0.229 e. The first kappa shape index (κ1) is 14.0. The van der Waals surface area contributed by atoms with Gasteiger partial charge < -0.3 is 10.6 Å². The van der Waals surface area contributed by atoms with Gasteiger partial charge in [0.05, 0.1) is 0 Å². The van der Waals surface area contributed by atoms with Crippen molar-refractivity contribution in [2.24, 2.45) is 0 Å². The maximum atomic E-state index is 11.6. The van der Waals surface area contributed by atoms with Gasteiger partial charge in [0, 0.05) is 12.6 Å². The van der Waals surface area contributed by atoms with Crippen molar-refractivity contribution in [3.05, 3.63) is 0 Å². The van der Waals surface area contributed by atoms with Crippen LogP contribution in [0.3, 0.4) is 0 Å². The Morgan fingerprint density at radius 1 is 1.06 bits per heavy atom. The Hall–Kier alpha value is -1.06. The molecule has 1 rings (SSSR count). The van der Waals surface area contributed by atoms with Gasteiger partial charge in [-0.05, 0) is 19.3 Å². The second-order valence-electron chi connectivity index (χ2n) is 4.78. The third kappa shape index (κ3) is 6.29. The molecular formula is C13H24N2O2. The molecule has 17 heavy (non-hydrogen) atoms. The average Bonchev–Trinajstić information content (AvgIpc) is 2.54. The Kier molecular flexibility index (Phi) is 6.67. The van der Waals surface area contributed by atoms with Gasteiger partial charge in [-0.3, -0.25) is 9.59 Å². The summed E-state index contributed by atoms with van der Waals surface area (Å²) in [6.07, 6.45) is 7.89. The minimum atomic E-state index is -0.169. The van der Waals surface area contributed by atoms with E-state index >= 15 is 0 Å². The van der Waals surface area contributed by atoms with E-state index in [0.29, 0.717) is 6.54 Å². The summed E-state index contributed by atoms with van der Waals surface area (Å²) in [7, 11) is 0. The molecule has 4 nitrogen and oxygen atoms in total. The third-order valence-corrected chi connectivity index (χ3v) is 3.11. The lowest BCUT2D eigenvalue weighted by atomic mass is 10.1. The summed E-state index contributed by atoms with van der Waals surface area (Å²) in [5.41, 5.74) is 0. The van der Waals surface area contributed by atoms with Gasteiger partial charge in [0.15, 0.2) is 0 Å². The highest BCUT2D eigenvalue weighted by Crippen LogP contribution is 2.17. The average molecular weight is 240 g/mol. The van der Waals surface area contributed by atoms with Crippen molar-refractivity contribution in [3.63, 3.8) is 0 Å². The van der Waals surface area contributed by atoms with Gasteiger partial charge in [-0.1, -0.05) is 32.6 Å². The quantitative estimate of drug-likeness (QED) is 0.568. The van der Waals surface area contributed by atoms with Gasteiger partial charge in [0.1, 0.15) is 6.42 Å². The van der Waals surface area contributed by atoms with Crippen molar-refractivity contribution < 1.29 is 9.59 Å². The summed E-state index contributed by atoms with van der Waals surface area (Å²) in [4.78, 5) is 23.0. The summed E-state index contributed by atoms with van der Waals surface area (Å²) in [5, 5.41) is 5.68. The van der Waals surface area contributed by atoms with Crippen LogP contribution in [0.5, 0.6) is 0 Å². The first-order valence-corrected chi connectivity index (χ1v) is 6.78. The number of nitrogens with one attached hydrogen (secondary N) is 2. The zero-order chi connectivity index (χ0) is 12.5. The molecule has 0 aromatic rings. The van der Waals surface area contributed by atoms with E-state index in [-0.39, 0.29) is 24.3 Å². The number of hydrogen-bond donors (Lipinski definition) is 2. The highest BCUT2D eigenvalue weighted by molar-refractivity contribution is 5.96. The van der Waals surface area contributed by atoms with E-state index in [4.69, 9.17) is 0 Å². The van der Waals surface area contributed by atoms with Gasteiger partial charge in [0.2, 0.25) is 11.8 Å². The molecule has 0 heterocycles. The van der Waals surface area contributed by atoms with Gasteiger partial charge in [-0.15, -0.1) is 0 Å². The normalized spacial score (nSPS) is 17.2. The van der Waals surface area contributed by atoms with Crippen LogP contribution in [0, 0.1) is 0 Å². The van der Waals surface area contributed by atoms with Crippen LogP contribution < -0.4 is 10.6 Å². The van der Waals surface area contributed by atoms with Crippen molar-refractivity contribution >= 4 is 11.8 Å². The van der Waals surface area contributed by atoms with E-state index in [1.165, 1.54) is 25.7 Å². The van der Waals surface area contributed by atoms with Gasteiger partial charge >= 0.3 is 0 Å². The molecule has 0 radical (unpaired) electrons. The zero-order valence-electron chi connectivity index (χ0n) is 10.8. The summed E-state index contributed by atoms with van der Waals surface area (Å²) in [6.45, 7) is 2.64. The number of rotatable bonds is 5. The van der Waals surface area contributed by atoms with E-state index in [9.17, 15) is 9.59 Å². The van der Waals surface area contributed by atoms with Crippen molar-refractivity contribution in [2.45, 2.75) is 64.3 Å². The Bertz CT molecular complexity index is 246. The second kappa shape index (κ2) is 8.09. The fourth-order valence-corrected chi connectivity index (χ4v) is 2.18. The molecular weight excluding hydrogens is 216 g/mol. The van der Waals surface area contributed by atoms with Gasteiger partial charge in [-0.25, -0.2) is 0 Å². The summed E-state index contributed by atoms with van der Waals surface area (Å²) < 4.78 is 0. The Morgan fingerprint density at radius 2 is 1.71 bits per heavy atom. The van der Waals surface area contributed by atoms with Crippen LogP contribution >= 0.6 is 0 Å². The lowest BCUT2D eigenvalue weighted by Gasteiger charge is -2.15. The number of carbonyl (C=O) groups excluding carboxylic acids is 2. The van der Waals surface area contributed by atoms with Crippen LogP contribution in [0.1, 0.15) is 58.3 Å². The molecule has 2 N–H and O–H groups in total. The highest BCUT2D eigenvalue weighted by Gasteiger charge is 2.16. The Morgan fingerprint density at radius 3 is 2.29 bits per heavy atom. The van der Waals surface area contributed by atoms with Crippen LogP contribution in [-0.2, 0) is 9.59 Å². The molecule has 98 valence electrons. The molecule has 1 aliphatic carbocycles. The van der Waals surface area contributed by atoms with E-state index in [1.807, 2.05) is 6.92 Å². The molecule has 0 aromatic carbocycles. The fraction of sp³-hybridized carbons (Fsp3) is 0.846. The van der Waals surface area contributed by atoms with Gasteiger partial charge in [0.25, 0.3) is 0 Å². The largest absolute Gasteiger partial charge is 0.356 e. The van der Waals surface area contributed by atoms with Crippen LogP contribution in [0.4, 0.5) is 0 Å². The molecule has 0 bridgehead atoms. The highest BCUT2D eigenvalue weighted by atomic mass is 16.2. The van der Waals surface area contributed by atoms with Crippen molar-refractivity contribution in [3.8, 4) is 0 Å². The summed E-state index contributed by atoms with van der Waals surface area (Å²) in [6, 6.07) is 0.281. The second-order valence-corrected chi connectivity index (χ2v) is 4.78. The molecule has 0 atom stereocenters. The topological polar surface area (TPSA) is 58.2 Å². The Labute approximate surface area is 104 Å². The minimum absolute atomic E-state index is 0.0313. The SMILES string of the molecule is CCCNC(=O)CC(=O)NC1CCCCCC1. The minimum Gasteiger partial charge on any atom is -0.356 e. The lowest BCUT2D eigenvalue weighted by molar-refractivity contribution is -0.129. The maximum Gasteiger partial charge on any atom is 0.229 e. The standard InChI is InChI=1S/C13H24N2O2/c1-2-9-14-12(16)10-13(17)15-11-7-5-3-4-6-8-11/h11H,2-10H2,1H3,(H,14,16)(H,15,17). The summed E-state index contributed by atoms with van der Waals surface area (Å²) in [5.74, 6) is -0.302. The molecule has 1 fully saturated rings. The first-order valence-electron chi connectivity index (χ1n) is 6.78. The monoisotopic (exact) mass is 240 g/mol. The van der Waals surface area contributed by atoms with E-state index in [2.05, 4.69) is 10.6 Å². The van der Waals surface area contributed by atoms with Crippen LogP contribution in [0.15, 0.2) is 0 Å². The first-order chi connectivity index (χ1) is 8.22. The number of amides is 2. The van der Waals surface area contributed by atoms with E-state index in [1.54, 1.807) is 0 Å². The molecule has 0 unspecified atom stereocenters. The Balaban J connectivity index is 2.20. The molecule has 0 spiro atoms. The third-order valence-electron chi connectivity index (χ3n) is 3.11. The van der Waals surface area contributed by atoms with Crippen LogP contribution in [-0.4, -0.2) is 24.4 Å². The van der Waals surface area contributed by atoms with Crippen LogP contribution in [0.2, 0.25) is 0 Å². The molecule has 0 aromatic heterocycles. The molecule has 1 saturated carbocycles. The van der Waals surface area contributed by atoms with Crippen molar-refractivity contribution in [1.82, 2.24) is 10.6 Å². The molecule has 0 aliphatic heterocycles. The van der Waals surface area contributed by atoms with Crippen LogP contribution in [0.25, 0.3) is 0 Å². The molecule has 2 amide bonds. The predicted octanol–water partition coefficient (Wildman–Crippen LogP) is 1.74. The van der Waals surface area contributed by atoms with E-state index in [0.717, 1.165) is 19.3 Å². The fourth-order valence-electron chi connectivity index (χ4n) is 2.18. The lowest BCUT2D eigenvalue weighted by Crippen LogP contribution is -2.38. The van der Waals surface area contributed by atoms with Crippen molar-refractivity contribution in [1.29, 1.82) is 0 Å². The molecule has 0 saturated heterocycles. The molecule has 4 heteroatoms.